The van der Waals surface area contributed by atoms with Gasteiger partial charge in [0.2, 0.25) is 5.91 Å². The number of hydrazine groups is 1. The highest BCUT2D eigenvalue weighted by atomic mass is 16.2. The summed E-state index contributed by atoms with van der Waals surface area (Å²) in [5.74, 6) is 4.72. The minimum atomic E-state index is -0.417. The number of nitrogens with two attached hydrogens (primary N) is 1. The first-order valence-corrected chi connectivity index (χ1v) is 3.26. The zero-order valence-electron chi connectivity index (χ0n) is 5.96. The molecule has 0 atom stereocenters. The van der Waals surface area contributed by atoms with E-state index in [1.807, 2.05) is 5.43 Å². The topological polar surface area (TPSA) is 87.5 Å². The van der Waals surface area contributed by atoms with Gasteiger partial charge in [-0.15, -0.1) is 0 Å². The van der Waals surface area contributed by atoms with Crippen molar-refractivity contribution in [3.8, 4) is 0 Å². The van der Waals surface area contributed by atoms with E-state index in [9.17, 15) is 9.59 Å². The van der Waals surface area contributed by atoms with Crippen LogP contribution in [0.25, 0.3) is 0 Å². The summed E-state index contributed by atoms with van der Waals surface area (Å²) in [5.41, 5.74) is 1.96. The fourth-order valence-corrected chi connectivity index (χ4v) is 0.903. The van der Waals surface area contributed by atoms with E-state index < -0.39 is 6.03 Å². The molecule has 0 saturated carbocycles. The molecule has 0 radical (unpaired) electrons. The van der Waals surface area contributed by atoms with E-state index in [1.165, 1.54) is 4.90 Å². The number of nitrogens with zero attached hydrogens (tertiary/aromatic N) is 1. The maximum Gasteiger partial charge on any atom is 0.332 e. The summed E-state index contributed by atoms with van der Waals surface area (Å²) in [7, 11) is 0. The second kappa shape index (κ2) is 3.20. The van der Waals surface area contributed by atoms with Gasteiger partial charge in [-0.2, -0.15) is 0 Å². The van der Waals surface area contributed by atoms with Crippen LogP contribution in [0.15, 0.2) is 0 Å². The number of rotatable bonds is 0. The number of carbonyl (C=O) groups is 2. The predicted octanol–water partition coefficient (Wildman–Crippen LogP) is -2.00. The molecule has 6 nitrogen and oxygen atoms in total. The number of carbonyl (C=O) groups excluding carboxylic acids is 2. The van der Waals surface area contributed by atoms with Crippen LogP contribution in [-0.4, -0.2) is 36.5 Å². The number of nitrogens with one attached hydrogen (secondary N) is 2. The summed E-state index contributed by atoms with van der Waals surface area (Å²) in [6.07, 6.45) is 0. The SMILES string of the molecule is NNC(=O)N1CCNC(=O)C1. The van der Waals surface area contributed by atoms with E-state index in [1.54, 1.807) is 0 Å². The van der Waals surface area contributed by atoms with Gasteiger partial charge in [-0.1, -0.05) is 0 Å². The molecule has 3 amide bonds. The van der Waals surface area contributed by atoms with Crippen LogP contribution in [-0.2, 0) is 4.79 Å². The highest BCUT2D eigenvalue weighted by molar-refractivity contribution is 5.84. The number of piperazine rings is 1. The second-order valence-electron chi connectivity index (χ2n) is 2.22. The third kappa shape index (κ3) is 1.81. The van der Waals surface area contributed by atoms with Crippen molar-refractivity contribution in [3.05, 3.63) is 0 Å². The van der Waals surface area contributed by atoms with Crippen molar-refractivity contribution in [1.29, 1.82) is 0 Å². The fraction of sp³-hybridized carbons (Fsp3) is 0.600. The number of urea groups is 1. The van der Waals surface area contributed by atoms with Crippen LogP contribution in [0.3, 0.4) is 0 Å². The molecule has 0 aliphatic carbocycles. The third-order valence-corrected chi connectivity index (χ3v) is 1.45. The van der Waals surface area contributed by atoms with E-state index in [0.29, 0.717) is 13.1 Å². The summed E-state index contributed by atoms with van der Waals surface area (Å²) >= 11 is 0. The molecular weight excluding hydrogens is 148 g/mol. The van der Waals surface area contributed by atoms with Crippen LogP contribution >= 0.6 is 0 Å². The Morgan fingerprint density at radius 1 is 1.73 bits per heavy atom. The van der Waals surface area contributed by atoms with Crippen LogP contribution in [0, 0.1) is 0 Å². The molecule has 1 fully saturated rings. The van der Waals surface area contributed by atoms with E-state index in [2.05, 4.69) is 5.32 Å². The Morgan fingerprint density at radius 2 is 2.45 bits per heavy atom. The summed E-state index contributed by atoms with van der Waals surface area (Å²) in [5, 5.41) is 2.59. The first kappa shape index (κ1) is 7.80. The Balaban J connectivity index is 2.45. The number of hydrogen-bond donors (Lipinski definition) is 3. The smallest absolute Gasteiger partial charge is 0.332 e. The first-order valence-electron chi connectivity index (χ1n) is 3.26. The van der Waals surface area contributed by atoms with E-state index in [4.69, 9.17) is 5.84 Å². The summed E-state index contributed by atoms with van der Waals surface area (Å²) in [6.45, 7) is 1.09. The van der Waals surface area contributed by atoms with Crippen molar-refractivity contribution in [2.24, 2.45) is 5.84 Å². The molecule has 0 aromatic heterocycles. The Morgan fingerprint density at radius 3 is 3.00 bits per heavy atom. The van der Waals surface area contributed by atoms with Gasteiger partial charge in [-0.25, -0.2) is 10.6 Å². The number of hydrogen-bond acceptors (Lipinski definition) is 3. The lowest BCUT2D eigenvalue weighted by Crippen LogP contribution is -2.54. The molecule has 1 aliphatic heterocycles. The maximum absolute atomic E-state index is 10.8. The minimum Gasteiger partial charge on any atom is -0.353 e. The second-order valence-corrected chi connectivity index (χ2v) is 2.22. The summed E-state index contributed by atoms with van der Waals surface area (Å²) < 4.78 is 0. The third-order valence-electron chi connectivity index (χ3n) is 1.45. The molecule has 0 aromatic rings. The molecule has 0 bridgehead atoms. The molecule has 62 valence electrons. The molecule has 1 aliphatic rings. The van der Waals surface area contributed by atoms with E-state index in [-0.39, 0.29) is 12.5 Å². The molecule has 4 N–H and O–H groups in total. The van der Waals surface area contributed by atoms with Crippen molar-refractivity contribution >= 4 is 11.9 Å². The van der Waals surface area contributed by atoms with Crippen LogP contribution in [0.4, 0.5) is 4.79 Å². The monoisotopic (exact) mass is 158 g/mol. The lowest BCUT2D eigenvalue weighted by molar-refractivity contribution is -0.123. The van der Waals surface area contributed by atoms with Crippen LogP contribution in [0.5, 0.6) is 0 Å². The average molecular weight is 158 g/mol. The lowest BCUT2D eigenvalue weighted by Gasteiger charge is -2.25. The Labute approximate surface area is 63.7 Å². The first-order chi connectivity index (χ1) is 5.24. The van der Waals surface area contributed by atoms with Crippen molar-refractivity contribution in [1.82, 2.24) is 15.6 Å². The zero-order valence-corrected chi connectivity index (χ0v) is 5.96. The van der Waals surface area contributed by atoms with E-state index >= 15 is 0 Å². The number of amides is 3. The molecule has 6 heteroatoms. The molecule has 0 unspecified atom stereocenters. The van der Waals surface area contributed by atoms with Gasteiger partial charge < -0.3 is 10.2 Å². The highest BCUT2D eigenvalue weighted by Crippen LogP contribution is 1.92. The molecule has 1 saturated heterocycles. The van der Waals surface area contributed by atoms with Gasteiger partial charge >= 0.3 is 6.03 Å². The molecule has 1 rings (SSSR count). The molecule has 11 heavy (non-hydrogen) atoms. The van der Waals surface area contributed by atoms with Crippen molar-refractivity contribution in [2.75, 3.05) is 19.6 Å². The van der Waals surface area contributed by atoms with Crippen LogP contribution in [0.1, 0.15) is 0 Å². The average Bonchev–Trinajstić information content (AvgIpc) is 2.03. The van der Waals surface area contributed by atoms with Gasteiger partial charge in [-0.3, -0.25) is 10.2 Å². The van der Waals surface area contributed by atoms with Gasteiger partial charge in [0.25, 0.3) is 0 Å². The van der Waals surface area contributed by atoms with Crippen molar-refractivity contribution in [3.63, 3.8) is 0 Å². The van der Waals surface area contributed by atoms with Gasteiger partial charge in [0.15, 0.2) is 0 Å². The normalized spacial score (nSPS) is 17.5. The molecule has 0 aromatic carbocycles. The minimum absolute atomic E-state index is 0.0863. The lowest BCUT2D eigenvalue weighted by atomic mass is 10.4. The molecule has 1 heterocycles. The standard InChI is InChI=1S/C5H10N4O2/c6-8-5(11)9-2-1-7-4(10)3-9/h1-3,6H2,(H,7,10)(H,8,11). The largest absolute Gasteiger partial charge is 0.353 e. The summed E-state index contributed by atoms with van der Waals surface area (Å²) in [4.78, 5) is 22.9. The van der Waals surface area contributed by atoms with Crippen molar-refractivity contribution < 1.29 is 9.59 Å². The quantitative estimate of drug-likeness (QED) is 0.216. The van der Waals surface area contributed by atoms with Crippen LogP contribution in [0.2, 0.25) is 0 Å². The zero-order chi connectivity index (χ0) is 8.27. The van der Waals surface area contributed by atoms with Gasteiger partial charge in [0, 0.05) is 13.1 Å². The fourth-order valence-electron chi connectivity index (χ4n) is 0.903. The summed E-state index contributed by atoms with van der Waals surface area (Å²) in [6, 6.07) is -0.417. The molecule has 0 spiro atoms. The molecular formula is C5H10N4O2. The Kier molecular flexibility index (Phi) is 2.27. The van der Waals surface area contributed by atoms with Gasteiger partial charge in [0.05, 0.1) is 0 Å². The van der Waals surface area contributed by atoms with Gasteiger partial charge in [-0.05, 0) is 0 Å². The highest BCUT2D eigenvalue weighted by Gasteiger charge is 2.19. The van der Waals surface area contributed by atoms with Crippen LogP contribution < -0.4 is 16.6 Å². The Hall–Kier alpha value is -1.30. The van der Waals surface area contributed by atoms with Gasteiger partial charge in [0.1, 0.15) is 6.54 Å². The van der Waals surface area contributed by atoms with Crippen molar-refractivity contribution in [2.45, 2.75) is 0 Å². The van der Waals surface area contributed by atoms with E-state index in [0.717, 1.165) is 0 Å². The predicted molar refractivity (Wildman–Crippen MR) is 37.3 cm³/mol. The maximum atomic E-state index is 10.8. The Bertz CT molecular complexity index is 181.